The number of aryl methyl sites for hydroxylation is 1. The molecule has 3 rings (SSSR count). The lowest BCUT2D eigenvalue weighted by atomic mass is 10.1. The summed E-state index contributed by atoms with van der Waals surface area (Å²) in [4.78, 5) is 18.5. The number of amides is 1. The van der Waals surface area contributed by atoms with E-state index >= 15 is 0 Å². The molecule has 0 saturated carbocycles. The second-order valence-corrected chi connectivity index (χ2v) is 6.48. The largest absolute Gasteiger partial charge is 0.479 e. The van der Waals surface area contributed by atoms with Gasteiger partial charge in [-0.25, -0.2) is 4.98 Å². The molecule has 0 saturated heterocycles. The third kappa shape index (κ3) is 3.09. The molecule has 1 aliphatic heterocycles. The third-order valence-corrected chi connectivity index (χ3v) is 4.71. The molecule has 1 aromatic carbocycles. The van der Waals surface area contributed by atoms with Crippen molar-refractivity contribution in [2.45, 2.75) is 32.8 Å². The molecule has 1 aromatic heterocycles. The SMILES string of the molecule is CCCc1nc(-c2ccc3c(c2)N(CCO)C(=O)C(C)O3)cs1. The summed E-state index contributed by atoms with van der Waals surface area (Å²) in [5, 5.41) is 12.4. The molecule has 1 aliphatic rings. The highest BCUT2D eigenvalue weighted by molar-refractivity contribution is 7.09. The Balaban J connectivity index is 1.98. The number of carbonyl (C=O) groups is 1. The minimum atomic E-state index is -0.532. The predicted molar refractivity (Wildman–Crippen MR) is 91.1 cm³/mol. The summed E-state index contributed by atoms with van der Waals surface area (Å²) in [6.45, 7) is 4.04. The lowest BCUT2D eigenvalue weighted by Crippen LogP contribution is -2.45. The topological polar surface area (TPSA) is 62.7 Å². The highest BCUT2D eigenvalue weighted by Crippen LogP contribution is 2.37. The standard InChI is InChI=1S/C17H20N2O3S/c1-3-4-16-18-13(10-23-16)12-5-6-15-14(9-12)19(7-8-20)17(21)11(2)22-15/h5-6,9-11,20H,3-4,7-8H2,1-2H3. The molecular formula is C17H20N2O3S. The number of nitrogens with zero attached hydrogens (tertiary/aromatic N) is 2. The number of thiazole rings is 1. The van der Waals surface area contributed by atoms with Crippen LogP contribution in [0.4, 0.5) is 5.69 Å². The molecule has 23 heavy (non-hydrogen) atoms. The van der Waals surface area contributed by atoms with Gasteiger partial charge >= 0.3 is 0 Å². The van der Waals surface area contributed by atoms with Crippen LogP contribution >= 0.6 is 11.3 Å². The van der Waals surface area contributed by atoms with Gasteiger partial charge in [0.05, 0.1) is 23.0 Å². The van der Waals surface area contributed by atoms with Crippen molar-refractivity contribution in [3.05, 3.63) is 28.6 Å². The highest BCUT2D eigenvalue weighted by Gasteiger charge is 2.31. The molecule has 2 heterocycles. The van der Waals surface area contributed by atoms with E-state index in [1.165, 1.54) is 0 Å². The molecule has 2 aromatic rings. The molecule has 0 spiro atoms. The van der Waals surface area contributed by atoms with Gasteiger partial charge in [-0.15, -0.1) is 11.3 Å². The van der Waals surface area contributed by atoms with Gasteiger partial charge in [0.1, 0.15) is 5.75 Å². The van der Waals surface area contributed by atoms with Gasteiger partial charge in [-0.05, 0) is 38.0 Å². The van der Waals surface area contributed by atoms with E-state index in [0.29, 0.717) is 11.4 Å². The van der Waals surface area contributed by atoms with E-state index in [2.05, 4.69) is 11.9 Å². The Morgan fingerprint density at radius 1 is 1.43 bits per heavy atom. The van der Waals surface area contributed by atoms with Gasteiger partial charge in [0, 0.05) is 17.5 Å². The fourth-order valence-corrected chi connectivity index (χ4v) is 3.58. The van der Waals surface area contributed by atoms with E-state index in [1.54, 1.807) is 23.2 Å². The van der Waals surface area contributed by atoms with Crippen molar-refractivity contribution in [2.75, 3.05) is 18.1 Å². The molecule has 0 radical (unpaired) electrons. The molecule has 1 N–H and O–H groups in total. The average molecular weight is 332 g/mol. The van der Waals surface area contributed by atoms with Crippen molar-refractivity contribution in [3.63, 3.8) is 0 Å². The number of hydrogen-bond acceptors (Lipinski definition) is 5. The van der Waals surface area contributed by atoms with Crippen molar-refractivity contribution < 1.29 is 14.6 Å². The molecule has 0 fully saturated rings. The minimum Gasteiger partial charge on any atom is -0.479 e. The van der Waals surface area contributed by atoms with Gasteiger partial charge in [0.15, 0.2) is 6.10 Å². The van der Waals surface area contributed by atoms with Crippen LogP contribution in [0, 0.1) is 0 Å². The number of carbonyl (C=O) groups excluding carboxylic acids is 1. The molecule has 6 heteroatoms. The fourth-order valence-electron chi connectivity index (χ4n) is 2.67. The first kappa shape index (κ1) is 16.0. The summed E-state index contributed by atoms with van der Waals surface area (Å²) >= 11 is 1.66. The van der Waals surface area contributed by atoms with Gasteiger partial charge in [-0.2, -0.15) is 0 Å². The second kappa shape index (κ2) is 6.68. The molecule has 1 unspecified atom stereocenters. The summed E-state index contributed by atoms with van der Waals surface area (Å²) < 4.78 is 5.66. The Kier molecular flexibility index (Phi) is 4.63. The van der Waals surface area contributed by atoms with E-state index in [4.69, 9.17) is 4.74 Å². The zero-order valence-corrected chi connectivity index (χ0v) is 14.1. The molecule has 1 atom stereocenters. The van der Waals surface area contributed by atoms with Crippen LogP contribution in [-0.2, 0) is 11.2 Å². The fraction of sp³-hybridized carbons (Fsp3) is 0.412. The van der Waals surface area contributed by atoms with Crippen molar-refractivity contribution in [2.24, 2.45) is 0 Å². The van der Waals surface area contributed by atoms with Crippen LogP contribution in [0.3, 0.4) is 0 Å². The third-order valence-electron chi connectivity index (χ3n) is 3.80. The molecule has 5 nitrogen and oxygen atoms in total. The number of aromatic nitrogens is 1. The number of rotatable bonds is 5. The van der Waals surface area contributed by atoms with E-state index in [0.717, 1.165) is 29.1 Å². The Morgan fingerprint density at radius 3 is 3.00 bits per heavy atom. The number of aliphatic hydroxyl groups is 1. The molecule has 122 valence electrons. The summed E-state index contributed by atoms with van der Waals surface area (Å²) in [7, 11) is 0. The van der Waals surface area contributed by atoms with E-state index in [9.17, 15) is 9.90 Å². The van der Waals surface area contributed by atoms with Crippen LogP contribution in [0.2, 0.25) is 0 Å². The Morgan fingerprint density at radius 2 is 2.26 bits per heavy atom. The maximum Gasteiger partial charge on any atom is 0.267 e. The summed E-state index contributed by atoms with van der Waals surface area (Å²) in [5.41, 5.74) is 2.57. The highest BCUT2D eigenvalue weighted by atomic mass is 32.1. The van der Waals surface area contributed by atoms with Crippen LogP contribution < -0.4 is 9.64 Å². The van der Waals surface area contributed by atoms with E-state index < -0.39 is 6.10 Å². The average Bonchev–Trinajstić information content (AvgIpc) is 3.00. The normalized spacial score (nSPS) is 17.1. The number of ether oxygens (including phenoxy) is 1. The van der Waals surface area contributed by atoms with Crippen LogP contribution in [0.25, 0.3) is 11.3 Å². The van der Waals surface area contributed by atoms with Crippen LogP contribution in [-0.4, -0.2) is 35.3 Å². The van der Waals surface area contributed by atoms with Crippen molar-refractivity contribution in [3.8, 4) is 17.0 Å². The Bertz CT molecular complexity index is 714. The number of fused-ring (bicyclic) bond motifs is 1. The number of hydrogen-bond donors (Lipinski definition) is 1. The number of aliphatic hydroxyl groups excluding tert-OH is 1. The smallest absolute Gasteiger partial charge is 0.267 e. The summed E-state index contributed by atoms with van der Waals surface area (Å²) in [6, 6.07) is 5.75. The first-order valence-corrected chi connectivity index (χ1v) is 8.69. The van der Waals surface area contributed by atoms with Gasteiger partial charge in [0.25, 0.3) is 5.91 Å². The molecule has 1 amide bonds. The minimum absolute atomic E-state index is 0.0839. The van der Waals surface area contributed by atoms with Gasteiger partial charge in [-0.3, -0.25) is 4.79 Å². The zero-order chi connectivity index (χ0) is 16.4. The van der Waals surface area contributed by atoms with E-state index in [1.807, 2.05) is 23.6 Å². The van der Waals surface area contributed by atoms with Gasteiger partial charge in [-0.1, -0.05) is 6.92 Å². The van der Waals surface area contributed by atoms with Gasteiger partial charge < -0.3 is 14.7 Å². The lowest BCUT2D eigenvalue weighted by Gasteiger charge is -2.32. The van der Waals surface area contributed by atoms with Crippen molar-refractivity contribution in [1.82, 2.24) is 4.98 Å². The monoisotopic (exact) mass is 332 g/mol. The lowest BCUT2D eigenvalue weighted by molar-refractivity contribution is -0.125. The Labute approximate surface area is 139 Å². The zero-order valence-electron chi connectivity index (χ0n) is 13.3. The van der Waals surface area contributed by atoms with Crippen molar-refractivity contribution in [1.29, 1.82) is 0 Å². The number of β-amino-alcohol motifs (C(OH)–C–C–N with tert-alkyl or cyclic N) is 1. The van der Waals surface area contributed by atoms with Crippen LogP contribution in [0.15, 0.2) is 23.6 Å². The van der Waals surface area contributed by atoms with E-state index in [-0.39, 0.29) is 19.1 Å². The summed E-state index contributed by atoms with van der Waals surface area (Å²) in [5.74, 6) is 0.534. The van der Waals surface area contributed by atoms with Crippen LogP contribution in [0.5, 0.6) is 5.75 Å². The quantitative estimate of drug-likeness (QED) is 0.914. The molecule has 0 aliphatic carbocycles. The number of benzene rings is 1. The maximum atomic E-state index is 12.3. The summed E-state index contributed by atoms with van der Waals surface area (Å²) in [6.07, 6.45) is 1.52. The number of anilines is 1. The van der Waals surface area contributed by atoms with Crippen LogP contribution in [0.1, 0.15) is 25.3 Å². The maximum absolute atomic E-state index is 12.3. The molecule has 0 bridgehead atoms. The predicted octanol–water partition coefficient (Wildman–Crippen LogP) is 2.87. The Hall–Kier alpha value is -1.92. The first-order valence-electron chi connectivity index (χ1n) is 7.81. The van der Waals surface area contributed by atoms with Gasteiger partial charge in [0.2, 0.25) is 0 Å². The van der Waals surface area contributed by atoms with Crippen molar-refractivity contribution >= 4 is 22.9 Å². The first-order chi connectivity index (χ1) is 11.1. The molecular weight excluding hydrogens is 312 g/mol. The second-order valence-electron chi connectivity index (χ2n) is 5.53.